The van der Waals surface area contributed by atoms with Gasteiger partial charge in [-0.3, -0.25) is 0 Å². The van der Waals surface area contributed by atoms with E-state index < -0.39 is 5.82 Å². The Morgan fingerprint density at radius 3 is 3.00 bits per heavy atom. The van der Waals surface area contributed by atoms with Crippen LogP contribution in [0.4, 0.5) is 4.39 Å². The first-order valence-corrected chi connectivity index (χ1v) is 6.76. The lowest BCUT2D eigenvalue weighted by atomic mass is 9.91. The van der Waals surface area contributed by atoms with Crippen LogP contribution in [0.5, 0.6) is 5.75 Å². The van der Waals surface area contributed by atoms with E-state index in [1.807, 2.05) is 13.0 Å². The Balaban J connectivity index is 2.20. The molecule has 2 nitrogen and oxygen atoms in total. The second-order valence-corrected chi connectivity index (χ2v) is 5.54. The van der Waals surface area contributed by atoms with E-state index in [1.165, 1.54) is 0 Å². The number of aromatic hydroxyl groups is 1. The zero-order valence-corrected chi connectivity index (χ0v) is 11.5. The normalized spacial score (nSPS) is 20.5. The molecule has 0 amide bonds. The quantitative estimate of drug-likeness (QED) is 0.879. The highest BCUT2D eigenvalue weighted by atomic mass is 79.9. The van der Waals surface area contributed by atoms with Crippen LogP contribution < -0.4 is 5.32 Å². The molecule has 4 heteroatoms. The van der Waals surface area contributed by atoms with Gasteiger partial charge >= 0.3 is 0 Å². The molecule has 0 bridgehead atoms. The molecule has 1 aromatic carbocycles. The van der Waals surface area contributed by atoms with Crippen LogP contribution in [0.2, 0.25) is 0 Å². The van der Waals surface area contributed by atoms with Crippen LogP contribution in [0.15, 0.2) is 10.5 Å². The van der Waals surface area contributed by atoms with Crippen molar-refractivity contribution in [3.05, 3.63) is 27.5 Å². The molecule has 94 valence electrons. The van der Waals surface area contributed by atoms with Gasteiger partial charge in [-0.2, -0.15) is 0 Å². The minimum atomic E-state index is -0.479. The minimum Gasteiger partial charge on any atom is -0.504 e. The third-order valence-electron chi connectivity index (χ3n) is 3.34. The average molecular weight is 302 g/mol. The Bertz CT molecular complexity index is 416. The molecule has 1 aromatic rings. The van der Waals surface area contributed by atoms with Crippen molar-refractivity contribution in [1.29, 1.82) is 0 Å². The summed E-state index contributed by atoms with van der Waals surface area (Å²) in [5, 5.41) is 13.0. The van der Waals surface area contributed by atoms with E-state index in [2.05, 4.69) is 21.2 Å². The summed E-state index contributed by atoms with van der Waals surface area (Å²) in [7, 11) is 0. The van der Waals surface area contributed by atoms with Gasteiger partial charge < -0.3 is 10.4 Å². The Hall–Kier alpha value is -0.610. The van der Waals surface area contributed by atoms with Gasteiger partial charge in [-0.25, -0.2) is 4.39 Å². The first-order valence-electron chi connectivity index (χ1n) is 5.96. The molecule has 1 aliphatic rings. The highest BCUT2D eigenvalue weighted by Crippen LogP contribution is 2.33. The molecule has 1 aliphatic heterocycles. The molecule has 1 atom stereocenters. The topological polar surface area (TPSA) is 32.3 Å². The number of halogens is 2. The largest absolute Gasteiger partial charge is 0.504 e. The molecule has 2 N–H and O–H groups in total. The molecule has 1 heterocycles. The Morgan fingerprint density at radius 1 is 1.59 bits per heavy atom. The lowest BCUT2D eigenvalue weighted by molar-refractivity contribution is 0.367. The predicted molar refractivity (Wildman–Crippen MR) is 69.8 cm³/mol. The smallest absolute Gasteiger partial charge is 0.169 e. The van der Waals surface area contributed by atoms with Crippen molar-refractivity contribution in [2.24, 2.45) is 5.92 Å². The van der Waals surface area contributed by atoms with Gasteiger partial charge in [-0.05, 0) is 72.3 Å². The van der Waals surface area contributed by atoms with Crippen LogP contribution in [-0.4, -0.2) is 18.2 Å². The number of phenolic OH excluding ortho intramolecular Hbond substituents is 1. The number of nitrogens with one attached hydrogen (secondary N) is 1. The number of hydrogen-bond donors (Lipinski definition) is 2. The number of hydrogen-bond acceptors (Lipinski definition) is 2. The van der Waals surface area contributed by atoms with Crippen LogP contribution in [0, 0.1) is 18.7 Å². The van der Waals surface area contributed by atoms with E-state index in [-0.39, 0.29) is 5.75 Å². The summed E-state index contributed by atoms with van der Waals surface area (Å²) in [5.41, 5.74) is 1.50. The van der Waals surface area contributed by atoms with Crippen molar-refractivity contribution < 1.29 is 9.50 Å². The highest BCUT2D eigenvalue weighted by molar-refractivity contribution is 9.10. The Labute approximate surface area is 109 Å². The van der Waals surface area contributed by atoms with Gasteiger partial charge in [0.05, 0.1) is 4.47 Å². The number of rotatable bonds is 2. The van der Waals surface area contributed by atoms with Crippen molar-refractivity contribution >= 4 is 15.9 Å². The van der Waals surface area contributed by atoms with E-state index in [0.29, 0.717) is 22.4 Å². The fraction of sp³-hybridized carbons (Fsp3) is 0.538. The van der Waals surface area contributed by atoms with E-state index >= 15 is 0 Å². The second kappa shape index (κ2) is 5.36. The maximum atomic E-state index is 13.9. The van der Waals surface area contributed by atoms with Crippen LogP contribution in [-0.2, 0) is 6.42 Å². The summed E-state index contributed by atoms with van der Waals surface area (Å²) >= 11 is 3.19. The summed E-state index contributed by atoms with van der Waals surface area (Å²) in [6.07, 6.45) is 2.97. The van der Waals surface area contributed by atoms with E-state index in [4.69, 9.17) is 0 Å². The fourth-order valence-corrected chi connectivity index (χ4v) is 2.67. The van der Waals surface area contributed by atoms with Gasteiger partial charge in [-0.15, -0.1) is 0 Å². The van der Waals surface area contributed by atoms with Gasteiger partial charge in [-0.1, -0.05) is 6.07 Å². The third-order valence-corrected chi connectivity index (χ3v) is 4.34. The van der Waals surface area contributed by atoms with Crippen LogP contribution in [0.25, 0.3) is 0 Å². The maximum absolute atomic E-state index is 13.9. The second-order valence-electron chi connectivity index (χ2n) is 4.75. The van der Waals surface area contributed by atoms with Gasteiger partial charge in [0.2, 0.25) is 0 Å². The lowest BCUT2D eigenvalue weighted by Gasteiger charge is -2.23. The van der Waals surface area contributed by atoms with Crippen LogP contribution >= 0.6 is 15.9 Å². The molecule has 1 unspecified atom stereocenters. The Morgan fingerprint density at radius 2 is 2.35 bits per heavy atom. The fourth-order valence-electron chi connectivity index (χ4n) is 2.38. The molecular formula is C13H17BrFNO. The molecule has 0 radical (unpaired) electrons. The van der Waals surface area contributed by atoms with Crippen molar-refractivity contribution in [1.82, 2.24) is 5.32 Å². The molecule has 0 saturated carbocycles. The SMILES string of the molecule is Cc1cc(CC2CCCNC2)c(F)c(O)c1Br. The number of benzene rings is 1. The lowest BCUT2D eigenvalue weighted by Crippen LogP contribution is -2.31. The van der Waals surface area contributed by atoms with Crippen LogP contribution in [0.3, 0.4) is 0 Å². The monoisotopic (exact) mass is 301 g/mol. The van der Waals surface area contributed by atoms with E-state index in [9.17, 15) is 9.50 Å². The third kappa shape index (κ3) is 2.80. The van der Waals surface area contributed by atoms with Crippen molar-refractivity contribution in [3.8, 4) is 5.75 Å². The molecular weight excluding hydrogens is 285 g/mol. The predicted octanol–water partition coefficient (Wildman–Crippen LogP) is 3.14. The maximum Gasteiger partial charge on any atom is 0.169 e. The first-order chi connectivity index (χ1) is 8.09. The highest BCUT2D eigenvalue weighted by Gasteiger charge is 2.19. The summed E-state index contributed by atoms with van der Waals surface area (Å²) in [6.45, 7) is 3.87. The summed E-state index contributed by atoms with van der Waals surface area (Å²) in [6, 6.07) is 1.83. The minimum absolute atomic E-state index is 0.260. The molecule has 0 aromatic heterocycles. The van der Waals surface area contributed by atoms with Gasteiger partial charge in [0.1, 0.15) is 0 Å². The van der Waals surface area contributed by atoms with E-state index in [1.54, 1.807) is 0 Å². The summed E-state index contributed by atoms with van der Waals surface area (Å²) in [4.78, 5) is 0. The van der Waals surface area contributed by atoms with Gasteiger partial charge in [0, 0.05) is 0 Å². The standard InChI is InChI=1S/C13H17BrFNO/c1-8-5-10(12(15)13(17)11(8)14)6-9-3-2-4-16-7-9/h5,9,16-17H,2-4,6-7H2,1H3. The van der Waals surface area contributed by atoms with E-state index in [0.717, 1.165) is 31.5 Å². The average Bonchev–Trinajstić information content (AvgIpc) is 2.35. The molecule has 1 saturated heterocycles. The van der Waals surface area contributed by atoms with Crippen molar-refractivity contribution in [2.45, 2.75) is 26.2 Å². The molecule has 0 aliphatic carbocycles. The van der Waals surface area contributed by atoms with Crippen molar-refractivity contribution in [2.75, 3.05) is 13.1 Å². The molecule has 0 spiro atoms. The summed E-state index contributed by atoms with van der Waals surface area (Å²) in [5.74, 6) is -0.268. The molecule has 2 rings (SSSR count). The molecule has 17 heavy (non-hydrogen) atoms. The summed E-state index contributed by atoms with van der Waals surface area (Å²) < 4.78 is 14.4. The molecule has 1 fully saturated rings. The van der Waals surface area contributed by atoms with Gasteiger partial charge in [0.15, 0.2) is 11.6 Å². The zero-order valence-electron chi connectivity index (χ0n) is 9.89. The first kappa shape index (κ1) is 12.8. The van der Waals surface area contributed by atoms with Gasteiger partial charge in [0.25, 0.3) is 0 Å². The number of phenols is 1. The zero-order chi connectivity index (χ0) is 12.4. The number of aryl methyl sites for hydroxylation is 1. The van der Waals surface area contributed by atoms with Crippen molar-refractivity contribution in [3.63, 3.8) is 0 Å². The number of piperidine rings is 1. The Kier molecular flexibility index (Phi) is 4.05. The van der Waals surface area contributed by atoms with Crippen LogP contribution in [0.1, 0.15) is 24.0 Å².